The summed E-state index contributed by atoms with van der Waals surface area (Å²) in [5, 5.41) is 3.63. The lowest BCUT2D eigenvalue weighted by molar-refractivity contribution is 0.0981. The van der Waals surface area contributed by atoms with E-state index < -0.39 is 0 Å². The van der Waals surface area contributed by atoms with Crippen LogP contribution in [0.4, 0.5) is 17.3 Å². The first kappa shape index (κ1) is 18.3. The van der Waals surface area contributed by atoms with Gasteiger partial charge in [-0.2, -0.15) is 0 Å². The molecule has 28 heavy (non-hydrogen) atoms. The van der Waals surface area contributed by atoms with E-state index in [1.54, 1.807) is 30.2 Å². The quantitative estimate of drug-likeness (QED) is 0.707. The second-order valence-corrected chi connectivity index (χ2v) is 7.06. The Morgan fingerprint density at radius 2 is 1.96 bits per heavy atom. The number of halogens is 1. The summed E-state index contributed by atoms with van der Waals surface area (Å²) in [5.74, 6) is 0.868. The highest BCUT2D eigenvalue weighted by Crippen LogP contribution is 2.33. The highest BCUT2D eigenvalue weighted by molar-refractivity contribution is 6.31. The van der Waals surface area contributed by atoms with Crippen LogP contribution >= 0.6 is 11.6 Å². The van der Waals surface area contributed by atoms with E-state index in [1.807, 2.05) is 25.1 Å². The van der Waals surface area contributed by atoms with Gasteiger partial charge in [0.25, 0.3) is 5.91 Å². The molecule has 1 aliphatic rings. The van der Waals surface area contributed by atoms with Gasteiger partial charge in [-0.05, 0) is 43.2 Å². The topological polar surface area (TPSA) is 67.3 Å². The summed E-state index contributed by atoms with van der Waals surface area (Å²) in [4.78, 5) is 23.4. The number of amides is 1. The van der Waals surface area contributed by atoms with Crippen molar-refractivity contribution in [2.45, 2.75) is 19.4 Å². The Morgan fingerprint density at radius 3 is 2.71 bits per heavy atom. The molecule has 0 saturated heterocycles. The second kappa shape index (κ2) is 7.48. The maximum absolute atomic E-state index is 13.0. The molecule has 1 atom stereocenters. The fourth-order valence-corrected chi connectivity index (χ4v) is 3.59. The Morgan fingerprint density at radius 1 is 1.21 bits per heavy atom. The average Bonchev–Trinajstić information content (AvgIpc) is 3.04. The third-order valence-electron chi connectivity index (χ3n) is 4.73. The number of nitrogens with one attached hydrogen (secondary N) is 1. The standard InChI is InChI=1S/C21H19ClN4O2/c1-13-9-14-5-3-4-6-18(14)26(13)20(27)15-11-23-21(24-12-15)25-17-10-16(22)7-8-19(17)28-2/h3-8,10-13H,9H2,1-2H3,(H,23,24,25). The van der Waals surface area contributed by atoms with Crippen molar-refractivity contribution in [1.82, 2.24) is 9.97 Å². The molecule has 4 rings (SSSR count). The van der Waals surface area contributed by atoms with Gasteiger partial charge in [-0.1, -0.05) is 29.8 Å². The maximum atomic E-state index is 13.0. The first-order valence-electron chi connectivity index (χ1n) is 8.91. The fourth-order valence-electron chi connectivity index (χ4n) is 3.42. The predicted molar refractivity (Wildman–Crippen MR) is 110 cm³/mol. The van der Waals surface area contributed by atoms with Gasteiger partial charge in [-0.3, -0.25) is 4.79 Å². The van der Waals surface area contributed by atoms with Gasteiger partial charge >= 0.3 is 0 Å². The van der Waals surface area contributed by atoms with Crippen molar-refractivity contribution < 1.29 is 9.53 Å². The number of ether oxygens (including phenoxy) is 1. The average molecular weight is 395 g/mol. The van der Waals surface area contributed by atoms with Gasteiger partial charge in [0.1, 0.15) is 5.75 Å². The van der Waals surface area contributed by atoms with Crippen LogP contribution in [0, 0.1) is 0 Å². The molecule has 2 heterocycles. The molecule has 0 spiro atoms. The van der Waals surface area contributed by atoms with Crippen LogP contribution in [0.15, 0.2) is 54.9 Å². The first-order chi connectivity index (χ1) is 13.6. The lowest BCUT2D eigenvalue weighted by atomic mass is 10.1. The second-order valence-electron chi connectivity index (χ2n) is 6.62. The van der Waals surface area contributed by atoms with Crippen molar-refractivity contribution in [1.29, 1.82) is 0 Å². The molecule has 3 aromatic rings. The Labute approximate surface area is 168 Å². The van der Waals surface area contributed by atoms with E-state index in [4.69, 9.17) is 16.3 Å². The summed E-state index contributed by atoms with van der Waals surface area (Å²) >= 11 is 6.05. The smallest absolute Gasteiger partial charge is 0.261 e. The minimum atomic E-state index is -0.107. The van der Waals surface area contributed by atoms with Crippen LogP contribution in [0.1, 0.15) is 22.8 Å². The zero-order valence-electron chi connectivity index (χ0n) is 15.5. The van der Waals surface area contributed by atoms with Crippen LogP contribution in [0.3, 0.4) is 0 Å². The van der Waals surface area contributed by atoms with E-state index in [2.05, 4.69) is 21.4 Å². The van der Waals surface area contributed by atoms with Gasteiger partial charge in [0.2, 0.25) is 5.95 Å². The van der Waals surface area contributed by atoms with E-state index in [0.29, 0.717) is 28.0 Å². The highest BCUT2D eigenvalue weighted by atomic mass is 35.5. The lowest BCUT2D eigenvalue weighted by Crippen LogP contribution is -2.35. The van der Waals surface area contributed by atoms with Gasteiger partial charge in [0.05, 0.1) is 18.4 Å². The minimum absolute atomic E-state index is 0.0958. The number of para-hydroxylation sites is 1. The fraction of sp³-hybridized carbons (Fsp3) is 0.190. The van der Waals surface area contributed by atoms with Crippen LogP contribution in [-0.4, -0.2) is 29.0 Å². The number of benzene rings is 2. The largest absolute Gasteiger partial charge is 0.495 e. The Kier molecular flexibility index (Phi) is 4.88. The number of anilines is 3. The van der Waals surface area contributed by atoms with E-state index in [1.165, 1.54) is 18.0 Å². The molecule has 0 fully saturated rings. The van der Waals surface area contributed by atoms with Crippen molar-refractivity contribution in [3.8, 4) is 5.75 Å². The van der Waals surface area contributed by atoms with Crippen LogP contribution < -0.4 is 15.0 Å². The molecule has 1 aromatic heterocycles. The Bertz CT molecular complexity index is 1020. The molecule has 6 nitrogen and oxygen atoms in total. The molecule has 142 valence electrons. The van der Waals surface area contributed by atoms with Gasteiger partial charge in [-0.25, -0.2) is 9.97 Å². The van der Waals surface area contributed by atoms with Crippen LogP contribution in [-0.2, 0) is 6.42 Å². The van der Waals surface area contributed by atoms with Crippen molar-refractivity contribution in [3.63, 3.8) is 0 Å². The van der Waals surface area contributed by atoms with Crippen molar-refractivity contribution in [3.05, 3.63) is 71.0 Å². The molecule has 1 amide bonds. The van der Waals surface area contributed by atoms with Gasteiger partial charge in [-0.15, -0.1) is 0 Å². The van der Waals surface area contributed by atoms with Crippen molar-refractivity contribution >= 4 is 34.8 Å². The summed E-state index contributed by atoms with van der Waals surface area (Å²) in [6.45, 7) is 2.04. The van der Waals surface area contributed by atoms with E-state index in [-0.39, 0.29) is 11.9 Å². The monoisotopic (exact) mass is 394 g/mol. The maximum Gasteiger partial charge on any atom is 0.261 e. The first-order valence-corrected chi connectivity index (χ1v) is 9.28. The minimum Gasteiger partial charge on any atom is -0.495 e. The van der Waals surface area contributed by atoms with Crippen molar-refractivity contribution in [2.75, 3.05) is 17.3 Å². The zero-order chi connectivity index (χ0) is 19.7. The normalized spacial score (nSPS) is 15.2. The lowest BCUT2D eigenvalue weighted by Gasteiger charge is -2.22. The summed E-state index contributed by atoms with van der Waals surface area (Å²) in [5.41, 5.74) is 3.21. The van der Waals surface area contributed by atoms with Crippen LogP contribution in [0.25, 0.3) is 0 Å². The van der Waals surface area contributed by atoms with Gasteiger partial charge in [0.15, 0.2) is 0 Å². The molecule has 7 heteroatoms. The molecule has 1 N–H and O–H groups in total. The third-order valence-corrected chi connectivity index (χ3v) is 4.97. The molecule has 2 aromatic carbocycles. The summed E-state index contributed by atoms with van der Waals surface area (Å²) in [6, 6.07) is 13.3. The molecular weight excluding hydrogens is 376 g/mol. The number of fused-ring (bicyclic) bond motifs is 1. The molecule has 0 aliphatic carbocycles. The van der Waals surface area contributed by atoms with Gasteiger partial charge < -0.3 is 15.0 Å². The van der Waals surface area contributed by atoms with Crippen LogP contribution in [0.5, 0.6) is 5.75 Å². The number of methoxy groups -OCH3 is 1. The molecule has 1 unspecified atom stereocenters. The summed E-state index contributed by atoms with van der Waals surface area (Å²) in [6.07, 6.45) is 3.90. The van der Waals surface area contributed by atoms with E-state index >= 15 is 0 Å². The third kappa shape index (κ3) is 3.39. The number of hydrogen-bond donors (Lipinski definition) is 1. The summed E-state index contributed by atoms with van der Waals surface area (Å²) < 4.78 is 5.31. The van der Waals surface area contributed by atoms with Crippen LogP contribution in [0.2, 0.25) is 5.02 Å². The Hall–Kier alpha value is -3.12. The number of rotatable bonds is 4. The van der Waals surface area contributed by atoms with E-state index in [9.17, 15) is 4.79 Å². The molecule has 1 aliphatic heterocycles. The number of nitrogens with zero attached hydrogens (tertiary/aromatic N) is 3. The number of carbonyl (C=O) groups is 1. The number of carbonyl (C=O) groups excluding carboxylic acids is 1. The number of hydrogen-bond acceptors (Lipinski definition) is 5. The van der Waals surface area contributed by atoms with Crippen molar-refractivity contribution in [2.24, 2.45) is 0 Å². The SMILES string of the molecule is COc1ccc(Cl)cc1Nc1ncc(C(=O)N2c3ccccc3CC2C)cn1. The van der Waals surface area contributed by atoms with E-state index in [0.717, 1.165) is 12.1 Å². The predicted octanol–water partition coefficient (Wildman–Crippen LogP) is 4.47. The highest BCUT2D eigenvalue weighted by Gasteiger charge is 2.31. The molecular formula is C21H19ClN4O2. The number of aromatic nitrogens is 2. The van der Waals surface area contributed by atoms with Gasteiger partial charge in [0, 0.05) is 29.1 Å². The molecule has 0 bridgehead atoms. The summed E-state index contributed by atoms with van der Waals surface area (Å²) in [7, 11) is 1.58. The molecule has 0 saturated carbocycles. The zero-order valence-corrected chi connectivity index (χ0v) is 16.3. The molecule has 0 radical (unpaired) electrons. The Balaban J connectivity index is 1.56.